The number of alkyl halides is 3. The Balaban J connectivity index is 1.46. The number of para-hydroxylation sites is 1. The molecule has 2 aliphatic heterocycles. The van der Waals surface area contributed by atoms with Gasteiger partial charge in [-0.05, 0) is 66.9 Å². The van der Waals surface area contributed by atoms with Crippen LogP contribution in [0.1, 0.15) is 41.7 Å². The fourth-order valence-corrected chi connectivity index (χ4v) is 5.67. The molecule has 0 aliphatic carbocycles. The number of rotatable bonds is 6. The average Bonchev–Trinajstić information content (AvgIpc) is 3.35. The SMILES string of the molecule is CC1(c2ccccc2OCCN2CCC(C(F)(F)F)C2)c2cc(O)ccc2COC1c1cccc(O)c1. The van der Waals surface area contributed by atoms with Gasteiger partial charge >= 0.3 is 6.18 Å². The molecule has 0 bridgehead atoms. The van der Waals surface area contributed by atoms with Gasteiger partial charge in [0, 0.05) is 18.7 Å². The van der Waals surface area contributed by atoms with Crippen LogP contribution in [0.3, 0.4) is 0 Å². The van der Waals surface area contributed by atoms with Gasteiger partial charge in [-0.15, -0.1) is 0 Å². The Kier molecular flexibility index (Phi) is 6.81. The molecule has 0 radical (unpaired) electrons. The minimum absolute atomic E-state index is 0.00765. The van der Waals surface area contributed by atoms with Gasteiger partial charge in [-0.1, -0.05) is 36.4 Å². The lowest BCUT2D eigenvalue weighted by atomic mass is 9.67. The molecule has 5 nitrogen and oxygen atoms in total. The highest BCUT2D eigenvalue weighted by Crippen LogP contribution is 2.53. The summed E-state index contributed by atoms with van der Waals surface area (Å²) in [6.07, 6.45) is -4.55. The molecule has 0 saturated carbocycles. The molecular weight excluding hydrogens is 483 g/mol. The first-order chi connectivity index (χ1) is 17.7. The second-order valence-corrected chi connectivity index (χ2v) is 10.0. The van der Waals surface area contributed by atoms with Crippen LogP contribution in [-0.4, -0.2) is 47.5 Å². The van der Waals surface area contributed by atoms with Gasteiger partial charge in [0.25, 0.3) is 0 Å². The van der Waals surface area contributed by atoms with Crippen molar-refractivity contribution in [3.63, 3.8) is 0 Å². The Bertz CT molecular complexity index is 1260. The van der Waals surface area contributed by atoms with Crippen molar-refractivity contribution in [1.82, 2.24) is 4.90 Å². The van der Waals surface area contributed by atoms with Crippen LogP contribution >= 0.6 is 0 Å². The van der Waals surface area contributed by atoms with E-state index in [9.17, 15) is 23.4 Å². The summed E-state index contributed by atoms with van der Waals surface area (Å²) in [5, 5.41) is 20.6. The van der Waals surface area contributed by atoms with E-state index >= 15 is 0 Å². The van der Waals surface area contributed by atoms with Crippen LogP contribution in [0.5, 0.6) is 17.2 Å². The van der Waals surface area contributed by atoms with Crippen molar-refractivity contribution < 1.29 is 32.9 Å². The molecule has 1 fully saturated rings. The Morgan fingerprint density at radius 3 is 2.54 bits per heavy atom. The lowest BCUT2D eigenvalue weighted by molar-refractivity contribution is -0.170. The standard InChI is InChI=1S/C29H30F3NO4/c1-28(24-7-2-3-8-26(24)36-14-13-33-12-11-21(17-33)29(30,31)32)25-16-23(35)10-9-20(25)18-37-27(28)19-5-4-6-22(34)15-19/h2-10,15-16,21,27,34-35H,11-14,17-18H2,1H3. The minimum atomic E-state index is -4.17. The van der Waals surface area contributed by atoms with Gasteiger partial charge in [0.1, 0.15) is 23.9 Å². The number of hydrogen-bond donors (Lipinski definition) is 2. The number of halogens is 3. The summed E-state index contributed by atoms with van der Waals surface area (Å²) >= 11 is 0. The first-order valence-corrected chi connectivity index (χ1v) is 12.4. The van der Waals surface area contributed by atoms with Crippen molar-refractivity contribution in [2.75, 3.05) is 26.2 Å². The van der Waals surface area contributed by atoms with E-state index in [0.717, 1.165) is 22.3 Å². The summed E-state index contributed by atoms with van der Waals surface area (Å²) in [6, 6.07) is 19.7. The summed E-state index contributed by atoms with van der Waals surface area (Å²) in [5.74, 6) is -0.433. The number of likely N-dealkylation sites (tertiary alicyclic amines) is 1. The van der Waals surface area contributed by atoms with Crippen molar-refractivity contribution in [2.45, 2.75) is 37.6 Å². The maximum absolute atomic E-state index is 13.1. The monoisotopic (exact) mass is 513 g/mol. The fourth-order valence-electron chi connectivity index (χ4n) is 5.67. The summed E-state index contributed by atoms with van der Waals surface area (Å²) in [7, 11) is 0. The van der Waals surface area contributed by atoms with Gasteiger partial charge in [0.05, 0.1) is 24.0 Å². The van der Waals surface area contributed by atoms with E-state index in [0.29, 0.717) is 25.4 Å². The molecule has 3 unspecified atom stereocenters. The number of nitrogens with zero attached hydrogens (tertiary/aromatic N) is 1. The molecule has 3 aromatic carbocycles. The van der Waals surface area contributed by atoms with Gasteiger partial charge in [0.2, 0.25) is 0 Å². The zero-order chi connectivity index (χ0) is 26.2. The van der Waals surface area contributed by atoms with Crippen LogP contribution in [0.25, 0.3) is 0 Å². The average molecular weight is 514 g/mol. The quantitative estimate of drug-likeness (QED) is 0.427. The topological polar surface area (TPSA) is 62.2 Å². The molecule has 0 aromatic heterocycles. The van der Waals surface area contributed by atoms with Crippen molar-refractivity contribution in [3.05, 3.63) is 89.0 Å². The lowest BCUT2D eigenvalue weighted by Gasteiger charge is -2.44. The van der Waals surface area contributed by atoms with Crippen LogP contribution < -0.4 is 4.74 Å². The summed E-state index contributed by atoms with van der Waals surface area (Å²) in [6.45, 7) is 3.38. The van der Waals surface area contributed by atoms with Gasteiger partial charge < -0.3 is 19.7 Å². The van der Waals surface area contributed by atoms with Gasteiger partial charge in [0.15, 0.2) is 0 Å². The summed E-state index contributed by atoms with van der Waals surface area (Å²) < 4.78 is 51.8. The van der Waals surface area contributed by atoms with Crippen LogP contribution in [0.2, 0.25) is 0 Å². The smallest absolute Gasteiger partial charge is 0.393 e. The molecule has 3 atom stereocenters. The molecule has 0 spiro atoms. The molecule has 2 aliphatic rings. The molecule has 3 aromatic rings. The van der Waals surface area contributed by atoms with Gasteiger partial charge in [-0.2, -0.15) is 13.2 Å². The predicted molar refractivity (Wildman–Crippen MR) is 133 cm³/mol. The Labute approximate surface area is 214 Å². The number of phenols is 2. The van der Waals surface area contributed by atoms with Crippen molar-refractivity contribution in [1.29, 1.82) is 0 Å². The fraction of sp³-hybridized carbons (Fsp3) is 0.379. The molecule has 0 amide bonds. The maximum Gasteiger partial charge on any atom is 0.393 e. The molecule has 196 valence electrons. The zero-order valence-corrected chi connectivity index (χ0v) is 20.5. The van der Waals surface area contributed by atoms with E-state index in [4.69, 9.17) is 9.47 Å². The van der Waals surface area contributed by atoms with E-state index in [1.165, 1.54) is 0 Å². The van der Waals surface area contributed by atoms with Crippen molar-refractivity contribution in [2.24, 2.45) is 5.92 Å². The molecule has 2 heterocycles. The Morgan fingerprint density at radius 1 is 1.00 bits per heavy atom. The molecule has 1 saturated heterocycles. The Morgan fingerprint density at radius 2 is 1.78 bits per heavy atom. The third-order valence-corrected chi connectivity index (χ3v) is 7.60. The molecule has 37 heavy (non-hydrogen) atoms. The number of fused-ring (bicyclic) bond motifs is 1. The largest absolute Gasteiger partial charge is 0.508 e. The third kappa shape index (κ3) is 5.00. The minimum Gasteiger partial charge on any atom is -0.508 e. The van der Waals surface area contributed by atoms with Crippen molar-refractivity contribution >= 4 is 0 Å². The first-order valence-electron chi connectivity index (χ1n) is 12.4. The highest BCUT2D eigenvalue weighted by Gasteiger charge is 2.46. The third-order valence-electron chi connectivity index (χ3n) is 7.60. The van der Waals surface area contributed by atoms with Crippen LogP contribution in [0.15, 0.2) is 66.7 Å². The van der Waals surface area contributed by atoms with Crippen LogP contribution in [0, 0.1) is 5.92 Å². The lowest BCUT2D eigenvalue weighted by Crippen LogP contribution is -2.38. The first kappa shape index (κ1) is 25.4. The number of aromatic hydroxyl groups is 2. The molecule has 5 rings (SSSR count). The number of phenolic OH excluding ortho intramolecular Hbond substituents is 2. The highest BCUT2D eigenvalue weighted by molar-refractivity contribution is 5.54. The van der Waals surface area contributed by atoms with E-state index in [-0.39, 0.29) is 31.1 Å². The maximum atomic E-state index is 13.1. The number of hydrogen-bond acceptors (Lipinski definition) is 5. The normalized spacial score (nSPS) is 24.1. The van der Waals surface area contributed by atoms with Crippen LogP contribution in [0.4, 0.5) is 13.2 Å². The van der Waals surface area contributed by atoms with E-state index in [1.807, 2.05) is 43.3 Å². The molecule has 2 N–H and O–H groups in total. The summed E-state index contributed by atoms with van der Waals surface area (Å²) in [4.78, 5) is 1.79. The van der Waals surface area contributed by atoms with E-state index in [1.54, 1.807) is 35.2 Å². The molecular formula is C29H30F3NO4. The predicted octanol–water partition coefficient (Wildman–Crippen LogP) is 5.94. The number of benzene rings is 3. The Hall–Kier alpha value is -3.23. The molecule has 8 heteroatoms. The van der Waals surface area contributed by atoms with E-state index in [2.05, 4.69) is 0 Å². The van der Waals surface area contributed by atoms with E-state index < -0.39 is 23.6 Å². The zero-order valence-electron chi connectivity index (χ0n) is 20.5. The van der Waals surface area contributed by atoms with Gasteiger partial charge in [-0.3, -0.25) is 4.90 Å². The van der Waals surface area contributed by atoms with Crippen molar-refractivity contribution in [3.8, 4) is 17.2 Å². The van der Waals surface area contributed by atoms with Gasteiger partial charge in [-0.25, -0.2) is 0 Å². The number of ether oxygens (including phenoxy) is 2. The second-order valence-electron chi connectivity index (χ2n) is 10.0. The van der Waals surface area contributed by atoms with Crippen LogP contribution in [-0.2, 0) is 16.8 Å². The summed E-state index contributed by atoms with van der Waals surface area (Å²) in [5.41, 5.74) is 2.62. The second kappa shape index (κ2) is 9.91. The highest BCUT2D eigenvalue weighted by atomic mass is 19.4.